The van der Waals surface area contributed by atoms with Gasteiger partial charge in [0.1, 0.15) is 0 Å². The summed E-state index contributed by atoms with van der Waals surface area (Å²) in [5.74, 6) is 0. The van der Waals surface area contributed by atoms with Crippen molar-refractivity contribution in [2.45, 2.75) is 0 Å². The third kappa shape index (κ3) is 54.4. The van der Waals surface area contributed by atoms with Crippen LogP contribution >= 0.6 is 23.5 Å². The highest BCUT2D eigenvalue weighted by molar-refractivity contribution is 7.60. The largest absolute Gasteiger partial charge is 0.478 e. The zero-order chi connectivity index (χ0) is 12.2. The van der Waals surface area contributed by atoms with Gasteiger partial charge in [0.15, 0.2) is 0 Å². The summed E-state index contributed by atoms with van der Waals surface area (Å²) >= 11 is 0. The Morgan fingerprint density at radius 2 is 0.800 bits per heavy atom. The second-order valence-corrected chi connectivity index (χ2v) is 5.22. The van der Waals surface area contributed by atoms with Gasteiger partial charge in [0, 0.05) is 0 Å². The predicted octanol–water partition coefficient (Wildman–Crippen LogP) is -2.56. The molecule has 15 heavy (non-hydrogen) atoms. The minimum absolute atomic E-state index is 0. The molecule has 0 fully saturated rings. The summed E-state index contributed by atoms with van der Waals surface area (Å²) in [4.78, 5) is 52.6. The lowest BCUT2D eigenvalue weighted by Crippen LogP contribution is -1.84. The van der Waals surface area contributed by atoms with E-state index in [1.54, 1.807) is 0 Å². The molecule has 9 N–H and O–H groups in total. The van der Waals surface area contributed by atoms with Crippen molar-refractivity contribution in [1.82, 2.24) is 0 Å². The molecule has 96 valence electrons. The van der Waals surface area contributed by atoms with Crippen molar-refractivity contribution in [3.05, 3.63) is 0 Å². The van der Waals surface area contributed by atoms with Crippen molar-refractivity contribution in [3.63, 3.8) is 0 Å². The fourth-order valence-corrected chi connectivity index (χ4v) is 1.25. The highest BCUT2D eigenvalue weighted by atomic mass is 31.3. The zero-order valence-corrected chi connectivity index (χ0v) is 9.29. The van der Waals surface area contributed by atoms with Gasteiger partial charge in [-0.1, -0.05) is 0 Å². The number of hydrogen-bond donors (Lipinski definition) is 7. The third-order valence-corrected chi connectivity index (χ3v) is 1.91. The Bertz CT molecular complexity index is 254. The molecule has 15 heteroatoms. The van der Waals surface area contributed by atoms with Crippen LogP contribution in [-0.4, -0.2) is 39.7 Å². The van der Waals surface area contributed by atoms with Crippen LogP contribution in [0.5, 0.6) is 0 Å². The van der Waals surface area contributed by atoms with Crippen molar-refractivity contribution < 1.29 is 57.7 Å². The van der Waals surface area contributed by atoms with Crippen molar-refractivity contribution >= 4 is 23.5 Å². The second-order valence-electron chi connectivity index (χ2n) is 1.58. The Balaban J connectivity index is -0.000000208. The fraction of sp³-hybridized carbons (Fsp3) is 0. The SMILES string of the molecule is O.O=P(O)(O)O.O=P(O)(O)OP(=O)(O)O. The molecule has 0 aliphatic heterocycles. The van der Waals surface area contributed by atoms with Gasteiger partial charge in [-0.15, -0.1) is 0 Å². The molecule has 0 unspecified atom stereocenters. The molecule has 0 spiro atoms. The lowest BCUT2D eigenvalue weighted by molar-refractivity contribution is 0.225. The van der Waals surface area contributed by atoms with E-state index in [1.165, 1.54) is 0 Å². The average molecular weight is 294 g/mol. The van der Waals surface area contributed by atoms with Gasteiger partial charge in [-0.25, -0.2) is 13.7 Å². The van der Waals surface area contributed by atoms with Crippen molar-refractivity contribution in [2.75, 3.05) is 0 Å². The topological polar surface area (TPSA) is 234 Å². The van der Waals surface area contributed by atoms with Crippen molar-refractivity contribution in [1.29, 1.82) is 0 Å². The standard InChI is InChI=1S/H4O7P2.H3O4P.H2O/c1-8(2,3)7-9(4,5)6;1-5(2,3)4;/h(H2,1,2,3)(H2,4,5,6);(H3,1,2,3,4);1H2. The average Bonchev–Trinajstić information content (AvgIpc) is 1.42. The Hall–Kier alpha value is 0.330. The summed E-state index contributed by atoms with van der Waals surface area (Å²) in [6.45, 7) is 0. The molecule has 0 heterocycles. The maximum absolute atomic E-state index is 9.63. The minimum atomic E-state index is -5.05. The van der Waals surface area contributed by atoms with E-state index in [1.807, 2.05) is 0 Å². The van der Waals surface area contributed by atoms with Crippen LogP contribution in [0.3, 0.4) is 0 Å². The highest BCUT2D eigenvalue weighted by Crippen LogP contribution is 2.53. The minimum Gasteiger partial charge on any atom is -0.412 e. The third-order valence-electron chi connectivity index (χ3n) is 0.213. The molecule has 0 saturated carbocycles. The number of rotatable bonds is 2. The van der Waals surface area contributed by atoms with E-state index in [9.17, 15) is 9.13 Å². The van der Waals surface area contributed by atoms with Gasteiger partial charge in [-0.2, -0.15) is 4.31 Å². The quantitative estimate of drug-likeness (QED) is 0.261. The first-order valence-electron chi connectivity index (χ1n) is 2.31. The molecule has 0 aliphatic rings. The van der Waals surface area contributed by atoms with E-state index in [4.69, 9.17) is 38.8 Å². The Morgan fingerprint density at radius 1 is 0.667 bits per heavy atom. The van der Waals surface area contributed by atoms with Crippen LogP contribution in [0, 0.1) is 0 Å². The van der Waals surface area contributed by atoms with Crippen molar-refractivity contribution in [3.8, 4) is 0 Å². The smallest absolute Gasteiger partial charge is 0.412 e. The van der Waals surface area contributed by atoms with E-state index < -0.39 is 23.5 Å². The van der Waals surface area contributed by atoms with E-state index in [0.29, 0.717) is 0 Å². The summed E-state index contributed by atoms with van der Waals surface area (Å²) in [6, 6.07) is 0. The lowest BCUT2D eigenvalue weighted by atomic mass is 15.7. The van der Waals surface area contributed by atoms with E-state index in [2.05, 4.69) is 4.31 Å². The first-order valence-corrected chi connectivity index (χ1v) is 6.94. The summed E-state index contributed by atoms with van der Waals surface area (Å²) < 4.78 is 31.1. The van der Waals surface area contributed by atoms with Crippen LogP contribution in [0.2, 0.25) is 0 Å². The second kappa shape index (κ2) is 6.81. The summed E-state index contributed by atoms with van der Waals surface area (Å²) in [5.41, 5.74) is 0. The Labute approximate surface area is 82.2 Å². The molecule has 0 aromatic carbocycles. The molecule has 0 atom stereocenters. The van der Waals surface area contributed by atoms with Crippen molar-refractivity contribution in [2.24, 2.45) is 0 Å². The van der Waals surface area contributed by atoms with E-state index >= 15 is 0 Å². The highest BCUT2D eigenvalue weighted by Gasteiger charge is 2.27. The van der Waals surface area contributed by atoms with Gasteiger partial charge < -0.3 is 39.7 Å². The Morgan fingerprint density at radius 3 is 0.800 bits per heavy atom. The molecule has 0 radical (unpaired) electrons. The monoisotopic (exact) mass is 294 g/mol. The van der Waals surface area contributed by atoms with Gasteiger partial charge >= 0.3 is 23.5 Å². The fourth-order valence-electron chi connectivity index (χ4n) is 0.139. The zero-order valence-electron chi connectivity index (χ0n) is 6.61. The van der Waals surface area contributed by atoms with Gasteiger partial charge in [-0.3, -0.25) is 0 Å². The maximum atomic E-state index is 9.63. The molecular weight excluding hydrogens is 285 g/mol. The van der Waals surface area contributed by atoms with Crippen LogP contribution < -0.4 is 0 Å². The molecule has 0 aliphatic carbocycles. The van der Waals surface area contributed by atoms with Crippen LogP contribution in [0.4, 0.5) is 0 Å². The first kappa shape index (κ1) is 20.7. The number of hydrogen-bond acceptors (Lipinski definition) is 4. The van der Waals surface area contributed by atoms with Gasteiger partial charge in [0.25, 0.3) is 0 Å². The summed E-state index contributed by atoms with van der Waals surface area (Å²) in [6.07, 6.45) is 0. The lowest BCUT2D eigenvalue weighted by Gasteiger charge is -2.03. The molecule has 0 saturated heterocycles. The van der Waals surface area contributed by atoms with Crippen LogP contribution in [0.15, 0.2) is 0 Å². The first-order chi connectivity index (χ1) is 5.71. The molecule has 0 rings (SSSR count). The van der Waals surface area contributed by atoms with Gasteiger partial charge in [0.2, 0.25) is 0 Å². The van der Waals surface area contributed by atoms with Gasteiger partial charge in [-0.05, 0) is 0 Å². The molecular formula is H9O12P3. The molecule has 0 bridgehead atoms. The molecule has 0 aromatic heterocycles. The molecule has 0 aromatic rings. The van der Waals surface area contributed by atoms with E-state index in [0.717, 1.165) is 0 Å². The van der Waals surface area contributed by atoms with E-state index in [-0.39, 0.29) is 5.48 Å². The molecule has 12 nitrogen and oxygen atoms in total. The predicted molar refractivity (Wildman–Crippen MR) is 43.0 cm³/mol. The van der Waals surface area contributed by atoms with Crippen LogP contribution in [0.25, 0.3) is 0 Å². The normalized spacial score (nSPS) is 12.2. The maximum Gasteiger partial charge on any atom is 0.478 e. The summed E-state index contributed by atoms with van der Waals surface area (Å²) in [5, 5.41) is 0. The Kier molecular flexibility index (Phi) is 9.41. The summed E-state index contributed by atoms with van der Waals surface area (Å²) in [7, 11) is -14.7. The van der Waals surface area contributed by atoms with Crippen LogP contribution in [0.1, 0.15) is 0 Å². The van der Waals surface area contributed by atoms with Gasteiger partial charge in [0.05, 0.1) is 0 Å². The number of phosphoric acid groups is 3. The van der Waals surface area contributed by atoms with Crippen LogP contribution in [-0.2, 0) is 18.0 Å². The molecule has 0 amide bonds.